The van der Waals surface area contributed by atoms with Gasteiger partial charge in [-0.2, -0.15) is 0 Å². The molecule has 0 radical (unpaired) electrons. The minimum atomic E-state index is -1.82. The van der Waals surface area contributed by atoms with Crippen molar-refractivity contribution in [3.63, 3.8) is 0 Å². The smallest absolute Gasteiger partial charge is 0.414 e. The standard InChI is InChI=1S/C29H35N3O3.C2H2O4/c1-5-32-25-9-7-6-8-23(25)24-16-21(10-11-26(24)32)19-30-12-14-31(15-13-30)20-22-17-28(34-3)29(35-4)18-27(22)33-2;3-1(4)2(5)6/h6-11,16-18H,5,12-15,19-20H2,1-4H3;(H,3,4)(H,5,6). The Morgan fingerprint density at radius 1 is 0.707 bits per heavy atom. The van der Waals surface area contributed by atoms with Crippen molar-refractivity contribution < 1.29 is 34.0 Å². The molecule has 1 aromatic heterocycles. The lowest BCUT2D eigenvalue weighted by molar-refractivity contribution is -0.159. The highest BCUT2D eigenvalue weighted by molar-refractivity contribution is 6.27. The number of carboxylic acids is 2. The summed E-state index contributed by atoms with van der Waals surface area (Å²) < 4.78 is 19.0. The molecule has 0 atom stereocenters. The number of piperazine rings is 1. The van der Waals surface area contributed by atoms with E-state index in [4.69, 9.17) is 34.0 Å². The van der Waals surface area contributed by atoms with Crippen LogP contribution in [0.1, 0.15) is 18.1 Å². The van der Waals surface area contributed by atoms with E-state index in [0.717, 1.165) is 62.9 Å². The molecule has 0 unspecified atom stereocenters. The third kappa shape index (κ3) is 6.72. The number of carbonyl (C=O) groups is 2. The molecule has 41 heavy (non-hydrogen) atoms. The number of methoxy groups -OCH3 is 3. The molecule has 3 aromatic carbocycles. The summed E-state index contributed by atoms with van der Waals surface area (Å²) in [6, 6.07) is 19.7. The second-order valence-electron chi connectivity index (χ2n) is 9.79. The third-order valence-corrected chi connectivity index (χ3v) is 7.39. The lowest BCUT2D eigenvalue weighted by Gasteiger charge is -2.35. The van der Waals surface area contributed by atoms with Gasteiger partial charge in [0, 0.05) is 79.2 Å². The highest BCUT2D eigenvalue weighted by atomic mass is 16.5. The van der Waals surface area contributed by atoms with Gasteiger partial charge in [0.15, 0.2) is 11.5 Å². The number of hydrogen-bond acceptors (Lipinski definition) is 7. The molecule has 0 bridgehead atoms. The van der Waals surface area contributed by atoms with Crippen LogP contribution in [0.3, 0.4) is 0 Å². The predicted molar refractivity (Wildman–Crippen MR) is 157 cm³/mol. The second-order valence-corrected chi connectivity index (χ2v) is 9.79. The van der Waals surface area contributed by atoms with Crippen LogP contribution in [0.2, 0.25) is 0 Å². The molecule has 0 saturated carbocycles. The molecule has 218 valence electrons. The average Bonchev–Trinajstić information content (AvgIpc) is 3.31. The van der Waals surface area contributed by atoms with Crippen molar-refractivity contribution >= 4 is 33.7 Å². The Labute approximate surface area is 239 Å². The summed E-state index contributed by atoms with van der Waals surface area (Å²) in [5, 5.41) is 17.5. The number of nitrogens with zero attached hydrogens (tertiary/aromatic N) is 3. The number of carboxylic acid groups (broad SMARTS) is 2. The Morgan fingerprint density at radius 3 is 1.85 bits per heavy atom. The van der Waals surface area contributed by atoms with Gasteiger partial charge in [0.2, 0.25) is 0 Å². The normalized spacial score (nSPS) is 14.0. The van der Waals surface area contributed by atoms with Gasteiger partial charge >= 0.3 is 11.9 Å². The minimum Gasteiger partial charge on any atom is -0.496 e. The number of aryl methyl sites for hydroxylation is 1. The molecule has 0 amide bonds. The van der Waals surface area contributed by atoms with Gasteiger partial charge in [-0.1, -0.05) is 24.3 Å². The Balaban J connectivity index is 0.000000585. The summed E-state index contributed by atoms with van der Waals surface area (Å²) in [5.41, 5.74) is 5.15. The number of aromatic nitrogens is 1. The van der Waals surface area contributed by atoms with Crippen LogP contribution in [0.15, 0.2) is 54.6 Å². The molecule has 0 spiro atoms. The summed E-state index contributed by atoms with van der Waals surface area (Å²) in [4.78, 5) is 23.2. The number of hydrogen-bond donors (Lipinski definition) is 2. The fourth-order valence-corrected chi connectivity index (χ4v) is 5.36. The number of fused-ring (bicyclic) bond motifs is 3. The molecule has 5 rings (SSSR count). The fourth-order valence-electron chi connectivity index (χ4n) is 5.36. The molecule has 1 aliphatic heterocycles. The zero-order valence-electron chi connectivity index (χ0n) is 23.9. The van der Waals surface area contributed by atoms with Crippen molar-refractivity contribution in [2.24, 2.45) is 0 Å². The fraction of sp³-hybridized carbons (Fsp3) is 0.355. The van der Waals surface area contributed by atoms with Gasteiger partial charge in [0.25, 0.3) is 0 Å². The molecule has 10 heteroatoms. The first-order chi connectivity index (χ1) is 19.8. The Bertz CT molecular complexity index is 1510. The first-order valence-electron chi connectivity index (χ1n) is 13.5. The molecular formula is C31H37N3O7. The maximum atomic E-state index is 9.10. The van der Waals surface area contributed by atoms with Gasteiger partial charge in [-0.15, -0.1) is 0 Å². The number of benzene rings is 3. The third-order valence-electron chi connectivity index (χ3n) is 7.39. The van der Waals surface area contributed by atoms with E-state index in [1.807, 2.05) is 12.1 Å². The molecule has 10 nitrogen and oxygen atoms in total. The Hall–Kier alpha value is -4.28. The molecular weight excluding hydrogens is 526 g/mol. The Kier molecular flexibility index (Phi) is 9.69. The maximum absolute atomic E-state index is 9.10. The van der Waals surface area contributed by atoms with Crippen molar-refractivity contribution in [1.29, 1.82) is 0 Å². The van der Waals surface area contributed by atoms with Gasteiger partial charge in [0.1, 0.15) is 5.75 Å². The second kappa shape index (κ2) is 13.4. The van der Waals surface area contributed by atoms with Crippen molar-refractivity contribution in [2.75, 3.05) is 47.5 Å². The van der Waals surface area contributed by atoms with Gasteiger partial charge in [0.05, 0.1) is 21.3 Å². The monoisotopic (exact) mass is 563 g/mol. The molecule has 1 aliphatic rings. The molecule has 2 N–H and O–H groups in total. The van der Waals surface area contributed by atoms with Crippen molar-refractivity contribution in [3.8, 4) is 17.2 Å². The molecule has 0 aliphatic carbocycles. The Morgan fingerprint density at radius 2 is 1.27 bits per heavy atom. The van der Waals surface area contributed by atoms with Crippen LogP contribution >= 0.6 is 0 Å². The minimum absolute atomic E-state index is 0.692. The van der Waals surface area contributed by atoms with Crippen LogP contribution in [0.4, 0.5) is 0 Å². The van der Waals surface area contributed by atoms with E-state index in [0.29, 0.717) is 5.75 Å². The van der Waals surface area contributed by atoms with E-state index in [2.05, 4.69) is 63.8 Å². The number of para-hydroxylation sites is 1. The van der Waals surface area contributed by atoms with E-state index in [-0.39, 0.29) is 0 Å². The van der Waals surface area contributed by atoms with E-state index in [1.165, 1.54) is 27.4 Å². The zero-order chi connectivity index (χ0) is 29.5. The van der Waals surface area contributed by atoms with Crippen LogP contribution in [0, 0.1) is 0 Å². The topological polar surface area (TPSA) is 114 Å². The van der Waals surface area contributed by atoms with Crippen LogP contribution in [0.25, 0.3) is 21.8 Å². The SMILES string of the molecule is CCn1c2ccccc2c2cc(CN3CCN(Cc4cc(OC)c(OC)cc4OC)CC3)ccc21.O=C(O)C(=O)O. The van der Waals surface area contributed by atoms with Crippen LogP contribution in [-0.2, 0) is 29.2 Å². The maximum Gasteiger partial charge on any atom is 0.414 e. The quantitative estimate of drug-likeness (QED) is 0.303. The van der Waals surface area contributed by atoms with Crippen LogP contribution in [0.5, 0.6) is 17.2 Å². The highest BCUT2D eigenvalue weighted by Crippen LogP contribution is 2.35. The summed E-state index contributed by atoms with van der Waals surface area (Å²) in [6.45, 7) is 9.15. The summed E-state index contributed by atoms with van der Waals surface area (Å²) in [7, 11) is 5.03. The zero-order valence-corrected chi connectivity index (χ0v) is 23.9. The molecule has 1 fully saturated rings. The van der Waals surface area contributed by atoms with Crippen molar-refractivity contribution in [1.82, 2.24) is 14.4 Å². The van der Waals surface area contributed by atoms with Gasteiger partial charge in [-0.05, 0) is 36.8 Å². The van der Waals surface area contributed by atoms with E-state index < -0.39 is 11.9 Å². The van der Waals surface area contributed by atoms with E-state index in [1.54, 1.807) is 21.3 Å². The van der Waals surface area contributed by atoms with Crippen molar-refractivity contribution in [2.45, 2.75) is 26.6 Å². The lowest BCUT2D eigenvalue weighted by atomic mass is 10.1. The first-order valence-corrected chi connectivity index (χ1v) is 13.5. The van der Waals surface area contributed by atoms with E-state index in [9.17, 15) is 0 Å². The molecule has 4 aromatic rings. The van der Waals surface area contributed by atoms with Gasteiger partial charge in [-0.3, -0.25) is 9.80 Å². The number of rotatable bonds is 8. The summed E-state index contributed by atoms with van der Waals surface area (Å²) in [6.07, 6.45) is 0. The van der Waals surface area contributed by atoms with Crippen LogP contribution < -0.4 is 14.2 Å². The predicted octanol–water partition coefficient (Wildman–Crippen LogP) is 4.31. The van der Waals surface area contributed by atoms with E-state index >= 15 is 0 Å². The van der Waals surface area contributed by atoms with Crippen LogP contribution in [-0.4, -0.2) is 84.0 Å². The molecule has 1 saturated heterocycles. The summed E-state index contributed by atoms with van der Waals surface area (Å²) >= 11 is 0. The van der Waals surface area contributed by atoms with Gasteiger partial charge < -0.3 is 29.0 Å². The first kappa shape index (κ1) is 29.7. The largest absolute Gasteiger partial charge is 0.496 e. The van der Waals surface area contributed by atoms with Gasteiger partial charge in [-0.25, -0.2) is 9.59 Å². The summed E-state index contributed by atoms with van der Waals surface area (Å²) in [5.74, 6) is -1.38. The number of ether oxygens (including phenoxy) is 3. The highest BCUT2D eigenvalue weighted by Gasteiger charge is 2.20. The average molecular weight is 564 g/mol. The molecule has 2 heterocycles. The number of aliphatic carboxylic acids is 2. The van der Waals surface area contributed by atoms with Crippen molar-refractivity contribution in [3.05, 3.63) is 65.7 Å². The lowest BCUT2D eigenvalue weighted by Crippen LogP contribution is -2.45.